The van der Waals surface area contributed by atoms with Crippen molar-refractivity contribution in [3.05, 3.63) is 54.4 Å². The first-order valence-corrected chi connectivity index (χ1v) is 9.43. The first kappa shape index (κ1) is 18.4. The lowest BCUT2D eigenvalue weighted by Crippen LogP contribution is -2.49. The topological polar surface area (TPSA) is 45.5 Å². The molecule has 0 saturated carbocycles. The predicted molar refractivity (Wildman–Crippen MR) is 103 cm³/mol. The van der Waals surface area contributed by atoms with Gasteiger partial charge >= 0.3 is 0 Å². The van der Waals surface area contributed by atoms with E-state index in [0.29, 0.717) is 24.9 Å². The minimum absolute atomic E-state index is 0.153. The molecule has 1 aliphatic heterocycles. The van der Waals surface area contributed by atoms with Crippen LogP contribution in [0.2, 0.25) is 0 Å². The fourth-order valence-electron chi connectivity index (χ4n) is 3.50. The van der Waals surface area contributed by atoms with E-state index >= 15 is 0 Å². The van der Waals surface area contributed by atoms with E-state index < -0.39 is 0 Å². The Hall–Kier alpha value is -2.37. The van der Waals surface area contributed by atoms with Gasteiger partial charge in [-0.1, -0.05) is 25.1 Å². The smallest absolute Gasteiger partial charge is 0.193 e. The fraction of sp³-hybridized carbons (Fsp3) is 0.500. The number of halogens is 1. The van der Waals surface area contributed by atoms with Gasteiger partial charge in [0, 0.05) is 38.6 Å². The molecule has 2 aromatic rings. The van der Waals surface area contributed by atoms with Crippen LogP contribution in [0.25, 0.3) is 0 Å². The monoisotopic (exact) mass is 357 g/mol. The van der Waals surface area contributed by atoms with Gasteiger partial charge in [0.1, 0.15) is 5.82 Å². The minimum Gasteiger partial charge on any atom is -0.357 e. The first-order chi connectivity index (χ1) is 12.7. The Morgan fingerprint density at radius 2 is 2.23 bits per heavy atom. The lowest BCUT2D eigenvalue weighted by molar-refractivity contribution is 0.189. The van der Waals surface area contributed by atoms with E-state index in [1.165, 1.54) is 6.07 Å². The van der Waals surface area contributed by atoms with Gasteiger partial charge in [0.25, 0.3) is 0 Å². The van der Waals surface area contributed by atoms with Crippen molar-refractivity contribution < 1.29 is 4.39 Å². The van der Waals surface area contributed by atoms with Crippen LogP contribution in [-0.4, -0.2) is 46.6 Å². The molecule has 1 fully saturated rings. The first-order valence-electron chi connectivity index (χ1n) is 9.43. The van der Waals surface area contributed by atoms with E-state index in [-0.39, 0.29) is 5.82 Å². The van der Waals surface area contributed by atoms with Crippen LogP contribution in [0.3, 0.4) is 0 Å². The Bertz CT molecular complexity index is 713. The molecule has 140 valence electrons. The van der Waals surface area contributed by atoms with Crippen LogP contribution in [0, 0.1) is 11.7 Å². The Balaban J connectivity index is 1.67. The maximum absolute atomic E-state index is 13.8. The number of guanidine groups is 1. The van der Waals surface area contributed by atoms with Crippen LogP contribution in [-0.2, 0) is 6.42 Å². The summed E-state index contributed by atoms with van der Waals surface area (Å²) in [5.41, 5.74) is 0.718. The lowest BCUT2D eigenvalue weighted by Gasteiger charge is -2.39. The van der Waals surface area contributed by atoms with Gasteiger partial charge in [-0.15, -0.1) is 0 Å². The van der Waals surface area contributed by atoms with Crippen molar-refractivity contribution in [2.45, 2.75) is 32.7 Å². The molecule has 0 bridgehead atoms. The Morgan fingerprint density at radius 1 is 1.38 bits per heavy atom. The van der Waals surface area contributed by atoms with Gasteiger partial charge in [-0.25, -0.2) is 9.37 Å². The number of likely N-dealkylation sites (tertiary alicyclic amines) is 1. The van der Waals surface area contributed by atoms with Gasteiger partial charge in [-0.2, -0.15) is 0 Å². The molecule has 2 atom stereocenters. The molecule has 1 saturated heterocycles. The van der Waals surface area contributed by atoms with Crippen LogP contribution in [0.5, 0.6) is 0 Å². The molecule has 0 radical (unpaired) electrons. The molecule has 1 aromatic heterocycles. The van der Waals surface area contributed by atoms with Crippen molar-refractivity contribution in [1.29, 1.82) is 0 Å². The van der Waals surface area contributed by atoms with Gasteiger partial charge in [0.05, 0.1) is 12.4 Å². The van der Waals surface area contributed by atoms with Crippen molar-refractivity contribution in [2.75, 3.05) is 26.2 Å². The molecule has 3 rings (SSSR count). The molecule has 0 aliphatic carbocycles. The number of hydrogen-bond acceptors (Lipinski definition) is 2. The summed E-state index contributed by atoms with van der Waals surface area (Å²) in [6, 6.07) is 7.31. The maximum Gasteiger partial charge on any atom is 0.193 e. The van der Waals surface area contributed by atoms with Crippen molar-refractivity contribution in [3.63, 3.8) is 0 Å². The fourth-order valence-corrected chi connectivity index (χ4v) is 3.50. The van der Waals surface area contributed by atoms with Crippen molar-refractivity contribution in [3.8, 4) is 0 Å². The number of aromatic nitrogens is 2. The van der Waals surface area contributed by atoms with Gasteiger partial charge < -0.3 is 14.8 Å². The summed E-state index contributed by atoms with van der Waals surface area (Å²) in [6.07, 6.45) is 7.48. The number of aliphatic imine (C=N–C) groups is 1. The summed E-state index contributed by atoms with van der Waals surface area (Å²) in [7, 11) is 0. The highest BCUT2D eigenvalue weighted by molar-refractivity contribution is 5.80. The van der Waals surface area contributed by atoms with Crippen molar-refractivity contribution in [1.82, 2.24) is 19.8 Å². The molecule has 2 unspecified atom stereocenters. The Kier molecular flexibility index (Phi) is 6.26. The van der Waals surface area contributed by atoms with Gasteiger partial charge in [0.15, 0.2) is 5.96 Å². The SMILES string of the molecule is CCNC(=NCCc1ccccc1F)N1CCC(C)C(n2ccnc2)C1. The van der Waals surface area contributed by atoms with Gasteiger partial charge in [0.2, 0.25) is 0 Å². The summed E-state index contributed by atoms with van der Waals surface area (Å²) in [5, 5.41) is 3.39. The zero-order valence-corrected chi connectivity index (χ0v) is 15.6. The van der Waals surface area contributed by atoms with Crippen molar-refractivity contribution >= 4 is 5.96 Å². The van der Waals surface area contributed by atoms with Gasteiger partial charge in [-0.3, -0.25) is 4.99 Å². The molecular weight excluding hydrogens is 329 g/mol. The highest BCUT2D eigenvalue weighted by Gasteiger charge is 2.28. The number of piperidine rings is 1. The molecule has 6 heteroatoms. The molecule has 0 amide bonds. The average molecular weight is 357 g/mol. The van der Waals surface area contributed by atoms with E-state index in [0.717, 1.165) is 37.6 Å². The minimum atomic E-state index is -0.153. The van der Waals surface area contributed by atoms with Crippen LogP contribution in [0.15, 0.2) is 48.0 Å². The second-order valence-corrected chi connectivity index (χ2v) is 6.87. The summed E-state index contributed by atoms with van der Waals surface area (Å²) in [4.78, 5) is 11.3. The van der Waals surface area contributed by atoms with Crippen LogP contribution >= 0.6 is 0 Å². The number of nitrogens with one attached hydrogen (secondary N) is 1. The van der Waals surface area contributed by atoms with Gasteiger partial charge in [-0.05, 0) is 37.3 Å². The molecule has 1 aromatic carbocycles. The Labute approximate surface area is 155 Å². The zero-order chi connectivity index (χ0) is 18.4. The molecule has 5 nitrogen and oxygen atoms in total. The molecule has 2 heterocycles. The van der Waals surface area contributed by atoms with E-state index in [1.54, 1.807) is 6.07 Å². The normalized spacial score (nSPS) is 21.0. The number of imidazole rings is 1. The lowest BCUT2D eigenvalue weighted by atomic mass is 9.93. The Morgan fingerprint density at radius 3 is 2.96 bits per heavy atom. The molecule has 0 spiro atoms. The van der Waals surface area contributed by atoms with E-state index in [9.17, 15) is 4.39 Å². The van der Waals surface area contributed by atoms with Crippen LogP contribution in [0.4, 0.5) is 4.39 Å². The third-order valence-electron chi connectivity index (χ3n) is 5.06. The third-order valence-corrected chi connectivity index (χ3v) is 5.06. The number of hydrogen-bond donors (Lipinski definition) is 1. The maximum atomic E-state index is 13.8. The molecule has 1 N–H and O–H groups in total. The number of benzene rings is 1. The molecule has 1 aliphatic rings. The van der Waals surface area contributed by atoms with Crippen molar-refractivity contribution in [2.24, 2.45) is 10.9 Å². The summed E-state index contributed by atoms with van der Waals surface area (Å²) >= 11 is 0. The second kappa shape index (κ2) is 8.83. The van der Waals surface area contributed by atoms with Crippen LogP contribution in [0.1, 0.15) is 31.9 Å². The standard InChI is InChI=1S/C20H28FN5/c1-3-23-20(24-10-8-17-6-4-5-7-18(17)21)25-12-9-16(2)19(14-25)26-13-11-22-15-26/h4-7,11,13,15-16,19H,3,8-10,12,14H2,1-2H3,(H,23,24). The summed E-state index contributed by atoms with van der Waals surface area (Å²) in [5.74, 6) is 1.36. The van der Waals surface area contributed by atoms with E-state index in [1.807, 2.05) is 30.9 Å². The summed E-state index contributed by atoms with van der Waals surface area (Å²) < 4.78 is 16.0. The third kappa shape index (κ3) is 4.42. The van der Waals surface area contributed by atoms with Crippen LogP contribution < -0.4 is 5.32 Å². The zero-order valence-electron chi connectivity index (χ0n) is 15.6. The number of rotatable bonds is 5. The average Bonchev–Trinajstić information content (AvgIpc) is 3.17. The highest BCUT2D eigenvalue weighted by atomic mass is 19.1. The predicted octanol–water partition coefficient (Wildman–Crippen LogP) is 3.11. The molecular formula is C20H28FN5. The quantitative estimate of drug-likeness (QED) is 0.661. The van der Waals surface area contributed by atoms with E-state index in [4.69, 9.17) is 4.99 Å². The highest BCUT2D eigenvalue weighted by Crippen LogP contribution is 2.27. The second-order valence-electron chi connectivity index (χ2n) is 6.87. The van der Waals surface area contributed by atoms with E-state index in [2.05, 4.69) is 33.6 Å². The number of nitrogens with zero attached hydrogens (tertiary/aromatic N) is 4. The summed E-state index contributed by atoms with van der Waals surface area (Å²) in [6.45, 7) is 7.66. The molecule has 26 heavy (non-hydrogen) atoms. The largest absolute Gasteiger partial charge is 0.357 e.